The molecule has 0 saturated carbocycles. The van der Waals surface area contributed by atoms with Crippen molar-refractivity contribution in [2.75, 3.05) is 66.6 Å². The van der Waals surface area contributed by atoms with Gasteiger partial charge < -0.3 is 159 Å². The fourth-order valence-corrected chi connectivity index (χ4v) is 10.8. The number of aliphatic hydroxyl groups excluding tert-OH is 15. The Balaban J connectivity index is 1.49. The lowest BCUT2D eigenvalue weighted by Gasteiger charge is -2.47. The number of carbonyl (C=O) groups is 4. The van der Waals surface area contributed by atoms with Crippen LogP contribution in [0.15, 0.2) is 0 Å². The van der Waals surface area contributed by atoms with Crippen molar-refractivity contribution in [3.05, 3.63) is 0 Å². The Kier molecular flexibility index (Phi) is 31.1. The maximum Gasteiger partial charge on any atom is 0.217 e. The minimum Gasteiger partial charge on any atom is -0.396 e. The van der Waals surface area contributed by atoms with Crippen LogP contribution in [-0.2, 0) is 80.8 Å². The molecule has 0 radical (unpaired) electrons. The van der Waals surface area contributed by atoms with Crippen LogP contribution in [-0.4, -0.2) is 345 Å². The van der Waals surface area contributed by atoms with E-state index >= 15 is 0 Å². The molecule has 29 atom stereocenters. The second-order valence-electron chi connectivity index (χ2n) is 22.1. The van der Waals surface area contributed by atoms with Crippen LogP contribution in [0.4, 0.5) is 0 Å². The van der Waals surface area contributed by atoms with Crippen molar-refractivity contribution in [1.82, 2.24) is 21.3 Å². The van der Waals surface area contributed by atoms with E-state index in [9.17, 15) is 95.8 Å². The van der Waals surface area contributed by atoms with Gasteiger partial charge in [-0.1, -0.05) is 0 Å². The highest BCUT2D eigenvalue weighted by atomic mass is 16.8. The summed E-state index contributed by atoms with van der Waals surface area (Å²) in [5.74, 6) is -2.32. The first-order valence-electron chi connectivity index (χ1n) is 28.9. The van der Waals surface area contributed by atoms with Crippen molar-refractivity contribution < 1.29 is 157 Å². The molecule has 5 aliphatic heterocycles. The van der Waals surface area contributed by atoms with Gasteiger partial charge in [0.15, 0.2) is 37.7 Å². The monoisotopic (exact) mass is 1280 g/mol. The van der Waals surface area contributed by atoms with Gasteiger partial charge in [-0.15, -0.1) is 0 Å². The largest absolute Gasteiger partial charge is 0.396 e. The summed E-state index contributed by atoms with van der Waals surface area (Å²) in [5, 5.41) is 172. The molecule has 5 heterocycles. The van der Waals surface area contributed by atoms with Gasteiger partial charge in [0.1, 0.15) is 91.5 Å². The molecule has 88 heavy (non-hydrogen) atoms. The van der Waals surface area contributed by atoms with E-state index in [1.165, 1.54) is 13.8 Å². The summed E-state index contributed by atoms with van der Waals surface area (Å²) in [4.78, 5) is 49.3. The van der Waals surface area contributed by atoms with Crippen LogP contribution in [0.25, 0.3) is 0 Å². The Labute approximate surface area is 506 Å². The van der Waals surface area contributed by atoms with E-state index in [1.54, 1.807) is 6.92 Å². The molecule has 5 rings (SSSR count). The van der Waals surface area contributed by atoms with Gasteiger partial charge in [0.05, 0.1) is 102 Å². The summed E-state index contributed by atoms with van der Waals surface area (Å²) in [6.45, 7) is -1.16. The van der Waals surface area contributed by atoms with Gasteiger partial charge >= 0.3 is 0 Å². The maximum absolute atomic E-state index is 12.7. The Morgan fingerprint density at radius 1 is 0.545 bits per heavy atom. The van der Waals surface area contributed by atoms with Gasteiger partial charge in [-0.3, -0.25) is 19.2 Å². The van der Waals surface area contributed by atoms with Crippen LogP contribution < -0.4 is 21.3 Å². The first-order chi connectivity index (χ1) is 41.8. The Bertz CT molecular complexity index is 2100. The molecule has 5 aliphatic rings. The normalized spacial score (nSPS) is 37.9. The summed E-state index contributed by atoms with van der Waals surface area (Å²) >= 11 is 0. The predicted octanol–water partition coefficient (Wildman–Crippen LogP) is -10.7. The minimum absolute atomic E-state index is 0.121. The fourth-order valence-electron chi connectivity index (χ4n) is 10.8. The van der Waals surface area contributed by atoms with Crippen molar-refractivity contribution in [1.29, 1.82) is 0 Å². The van der Waals surface area contributed by atoms with E-state index in [-0.39, 0.29) is 25.2 Å². The smallest absolute Gasteiger partial charge is 0.217 e. The summed E-state index contributed by atoms with van der Waals surface area (Å²) < 4.78 is 77.8. The van der Waals surface area contributed by atoms with Crippen LogP contribution >= 0.6 is 0 Å². The van der Waals surface area contributed by atoms with E-state index in [1.807, 2.05) is 0 Å². The van der Waals surface area contributed by atoms with Gasteiger partial charge in [-0.25, -0.2) is 0 Å². The van der Waals surface area contributed by atoms with E-state index < -0.39 is 261 Å². The fraction of sp³-hybridized carbons (Fsp3) is 0.923. The number of hydrogen-bond acceptors (Lipinski definition) is 32. The van der Waals surface area contributed by atoms with Crippen molar-refractivity contribution >= 4 is 23.6 Å². The van der Waals surface area contributed by atoms with Gasteiger partial charge in [0.2, 0.25) is 23.6 Å². The van der Waals surface area contributed by atoms with Gasteiger partial charge in [0, 0.05) is 54.3 Å². The lowest BCUT2D eigenvalue weighted by molar-refractivity contribution is -0.360. The first kappa shape index (κ1) is 75.5. The number of aliphatic hydroxyl groups is 15. The maximum atomic E-state index is 12.7. The molecular weight excluding hydrogens is 1190 g/mol. The van der Waals surface area contributed by atoms with Gasteiger partial charge in [0.25, 0.3) is 0 Å². The molecule has 0 aliphatic carbocycles. The minimum atomic E-state index is -2.08. The highest BCUT2D eigenvalue weighted by molar-refractivity contribution is 5.74. The first-order valence-corrected chi connectivity index (χ1v) is 28.9. The van der Waals surface area contributed by atoms with E-state index in [0.29, 0.717) is 0 Å². The average molecular weight is 1290 g/mol. The Morgan fingerprint density at radius 3 is 1.62 bits per heavy atom. The van der Waals surface area contributed by atoms with Crippen LogP contribution in [0, 0.1) is 0 Å². The molecule has 0 aromatic heterocycles. The van der Waals surface area contributed by atoms with Gasteiger partial charge in [-0.2, -0.15) is 0 Å². The summed E-state index contributed by atoms with van der Waals surface area (Å²) in [5.41, 5.74) is 0. The molecule has 4 amide bonds. The number of carbonyl (C=O) groups excluding carboxylic acids is 4. The quantitative estimate of drug-likeness (QED) is 0.0271. The average Bonchev–Trinajstić information content (AvgIpc) is 2.24. The molecule has 19 N–H and O–H groups in total. The molecule has 0 spiro atoms. The number of amides is 4. The molecular formula is C52H92N4O32. The molecule has 0 bridgehead atoms. The highest BCUT2D eigenvalue weighted by Gasteiger charge is 2.53. The Hall–Kier alpha value is -3.24. The number of rotatable bonds is 33. The third-order valence-corrected chi connectivity index (χ3v) is 15.4. The zero-order valence-corrected chi connectivity index (χ0v) is 49.6. The van der Waals surface area contributed by atoms with E-state index in [4.69, 9.17) is 61.6 Å². The third kappa shape index (κ3) is 20.6. The number of methoxy groups -OCH3 is 1. The zero-order chi connectivity index (χ0) is 65.3. The van der Waals surface area contributed by atoms with Gasteiger partial charge in [-0.05, 0) is 19.8 Å². The van der Waals surface area contributed by atoms with E-state index in [2.05, 4.69) is 21.3 Å². The molecule has 5 saturated heterocycles. The third-order valence-electron chi connectivity index (χ3n) is 15.4. The highest BCUT2D eigenvalue weighted by Crippen LogP contribution is 2.34. The van der Waals surface area contributed by atoms with Crippen molar-refractivity contribution in [3.8, 4) is 0 Å². The lowest BCUT2D eigenvalue weighted by atomic mass is 9.95. The number of ether oxygens (including phenoxy) is 13. The van der Waals surface area contributed by atoms with Crippen LogP contribution in [0.2, 0.25) is 0 Å². The summed E-state index contributed by atoms with van der Waals surface area (Å²) in [6, 6.07) is -4.46. The van der Waals surface area contributed by atoms with Crippen molar-refractivity contribution in [2.24, 2.45) is 0 Å². The molecule has 0 aromatic rings. The second-order valence-corrected chi connectivity index (χ2v) is 22.1. The van der Waals surface area contributed by atoms with E-state index in [0.717, 1.165) is 21.0 Å². The van der Waals surface area contributed by atoms with Crippen LogP contribution in [0.3, 0.4) is 0 Å². The predicted molar refractivity (Wildman–Crippen MR) is 286 cm³/mol. The number of hydrogen-bond donors (Lipinski definition) is 19. The molecule has 36 nitrogen and oxygen atoms in total. The van der Waals surface area contributed by atoms with Crippen molar-refractivity contribution in [3.63, 3.8) is 0 Å². The lowest BCUT2D eigenvalue weighted by Crippen LogP contribution is -2.67. The number of nitrogens with one attached hydrogen (secondary N) is 4. The molecule has 0 aromatic carbocycles. The zero-order valence-electron chi connectivity index (χ0n) is 49.6. The Morgan fingerprint density at radius 2 is 1.07 bits per heavy atom. The topological polar surface area (TPSA) is 540 Å². The van der Waals surface area contributed by atoms with Crippen LogP contribution in [0.5, 0.6) is 0 Å². The molecule has 15 unspecified atom stereocenters. The standard InChI is InChI=1S/C52H92N4O32/c1-20-25(53-21(2)64)10-32(34(13-59)79-20)82-48-27(55-23(4)66)11-31(35(14-60)84-48)80-39(17-63)81-38(19-78-52-47(45(75)43(73)37(16-62)86-52)88-50-40(56-24(5)67)44(74)42(72)36(15-61)85-50)30(70)18-77-51(76-6)46(41(71)28(68)7-8-57)87-49-26(54-22(3)65)9-29(69)33(12-58)83-49/h20,25-52,57-63,68-75H,7-19H2,1-6H3,(H,53,64)(H,54,65)(H,55,66)(H,56,67)/t20-,25?,26?,27?,28+,29-,30-,31-,32-,33?,34?,35?,36?,37?,38?,39+,40?,41?,42+,43+,44?,45?,46?,47?,48+,49-,50-,51+,52-/m0/s1. The van der Waals surface area contributed by atoms with Crippen LogP contribution in [0.1, 0.15) is 60.3 Å². The van der Waals surface area contributed by atoms with Crippen molar-refractivity contribution in [2.45, 2.75) is 238 Å². The second kappa shape index (κ2) is 36.3. The SMILES string of the molecule is CO[C@H](OC[C@H](O)C(CO[C@H]1OC(CO)[C@@H](O)C(O)C1O[C@@H]1OC(CO)[C@@H](O)C(O)C1NC(C)=O)O[C@H](CO)O[C@H]1CC(NC(C)=O)[C@H](O[C@H]2CC(NC(C)=O)[C@H](C)OC2CO)OC1CO)C(O[C@@H]1OC(CO)[C@@H](O)CC1NC(C)=O)C(O)[C@H](O)CCO. The molecule has 512 valence electrons. The molecule has 5 fully saturated rings. The summed E-state index contributed by atoms with van der Waals surface area (Å²) in [7, 11) is 1.05. The summed E-state index contributed by atoms with van der Waals surface area (Å²) in [6.07, 6.45) is -41.5. The molecule has 36 heteroatoms.